The van der Waals surface area contributed by atoms with Crippen LogP contribution in [0.3, 0.4) is 0 Å². The second-order valence-electron chi connectivity index (χ2n) is 4.73. The molecule has 114 valence electrons. The van der Waals surface area contributed by atoms with E-state index in [0.29, 0.717) is 0 Å². The van der Waals surface area contributed by atoms with Crippen molar-refractivity contribution in [2.24, 2.45) is 0 Å². The summed E-state index contributed by atoms with van der Waals surface area (Å²) in [5.41, 5.74) is 1.07. The minimum absolute atomic E-state index is 0.145. The number of rotatable bonds is 8. The van der Waals surface area contributed by atoms with E-state index in [0.717, 1.165) is 22.8 Å². The van der Waals surface area contributed by atoms with Gasteiger partial charge in [-0.3, -0.25) is 0 Å². The van der Waals surface area contributed by atoms with Crippen LogP contribution in [-0.2, 0) is 0 Å². The summed E-state index contributed by atoms with van der Waals surface area (Å²) in [4.78, 5) is 0. The van der Waals surface area contributed by atoms with E-state index < -0.39 is 0 Å². The number of aliphatic hydroxyl groups excluding tert-OH is 1. The van der Waals surface area contributed by atoms with Crippen molar-refractivity contribution in [1.82, 2.24) is 5.32 Å². The van der Waals surface area contributed by atoms with Crippen molar-refractivity contribution in [3.05, 3.63) is 23.8 Å². The van der Waals surface area contributed by atoms with Gasteiger partial charge in [0.1, 0.15) is 11.5 Å². The van der Waals surface area contributed by atoms with Gasteiger partial charge in [0, 0.05) is 22.6 Å². The summed E-state index contributed by atoms with van der Waals surface area (Å²) in [6.45, 7) is 3.85. The fraction of sp³-hybridized carbons (Fsp3) is 0.600. The van der Waals surface area contributed by atoms with Crippen molar-refractivity contribution < 1.29 is 14.6 Å². The SMILES string of the molecule is CNC(CSC(C)C(C)O)c1cc(OC)ccc1OC. The lowest BCUT2D eigenvalue weighted by Gasteiger charge is -2.22. The zero-order chi connectivity index (χ0) is 15.1. The number of thioether (sulfide) groups is 1. The maximum atomic E-state index is 9.57. The molecule has 0 aliphatic carbocycles. The van der Waals surface area contributed by atoms with Gasteiger partial charge >= 0.3 is 0 Å². The predicted octanol–water partition coefficient (Wildman–Crippen LogP) is 2.47. The third-order valence-corrected chi connectivity index (χ3v) is 4.81. The third kappa shape index (κ3) is 4.58. The first-order chi connectivity index (χ1) is 9.53. The molecule has 0 aromatic heterocycles. The Labute approximate surface area is 125 Å². The quantitative estimate of drug-likeness (QED) is 0.772. The summed E-state index contributed by atoms with van der Waals surface area (Å²) in [6, 6.07) is 5.95. The molecule has 0 amide bonds. The number of hydrogen-bond acceptors (Lipinski definition) is 5. The number of ether oxygens (including phenoxy) is 2. The molecule has 0 saturated carbocycles. The summed E-state index contributed by atoms with van der Waals surface area (Å²) in [5.74, 6) is 2.51. The minimum atomic E-state index is -0.315. The van der Waals surface area contributed by atoms with Crippen LogP contribution in [-0.4, -0.2) is 43.5 Å². The van der Waals surface area contributed by atoms with Gasteiger partial charge in [-0.05, 0) is 32.2 Å². The number of methoxy groups -OCH3 is 2. The molecule has 0 aliphatic rings. The van der Waals surface area contributed by atoms with Gasteiger partial charge < -0.3 is 19.9 Å². The Balaban J connectivity index is 2.87. The third-order valence-electron chi connectivity index (χ3n) is 3.37. The molecule has 4 nitrogen and oxygen atoms in total. The number of hydrogen-bond donors (Lipinski definition) is 2. The van der Waals surface area contributed by atoms with Crippen LogP contribution in [0.1, 0.15) is 25.5 Å². The highest BCUT2D eigenvalue weighted by Gasteiger charge is 2.18. The molecule has 0 fully saturated rings. The highest BCUT2D eigenvalue weighted by Crippen LogP contribution is 2.32. The van der Waals surface area contributed by atoms with Crippen molar-refractivity contribution in [3.8, 4) is 11.5 Å². The van der Waals surface area contributed by atoms with E-state index in [1.807, 2.05) is 39.1 Å². The number of benzene rings is 1. The van der Waals surface area contributed by atoms with Gasteiger partial charge in [-0.2, -0.15) is 11.8 Å². The number of aliphatic hydroxyl groups is 1. The first-order valence-corrected chi connectivity index (χ1v) is 7.77. The monoisotopic (exact) mass is 299 g/mol. The Bertz CT molecular complexity index is 412. The fourth-order valence-electron chi connectivity index (χ4n) is 1.83. The van der Waals surface area contributed by atoms with Gasteiger partial charge in [0.2, 0.25) is 0 Å². The molecule has 0 bridgehead atoms. The molecule has 5 heteroatoms. The van der Waals surface area contributed by atoms with Gasteiger partial charge in [0.15, 0.2) is 0 Å². The van der Waals surface area contributed by atoms with E-state index in [1.54, 1.807) is 26.0 Å². The molecular formula is C15H25NO3S. The normalized spacial score (nSPS) is 15.5. The van der Waals surface area contributed by atoms with E-state index >= 15 is 0 Å². The zero-order valence-corrected chi connectivity index (χ0v) is 13.7. The van der Waals surface area contributed by atoms with E-state index in [2.05, 4.69) is 5.32 Å². The van der Waals surface area contributed by atoms with E-state index in [1.165, 1.54) is 0 Å². The first kappa shape index (κ1) is 17.1. The molecular weight excluding hydrogens is 274 g/mol. The van der Waals surface area contributed by atoms with Crippen LogP contribution < -0.4 is 14.8 Å². The van der Waals surface area contributed by atoms with Crippen LogP contribution in [0.15, 0.2) is 18.2 Å². The number of nitrogens with one attached hydrogen (secondary N) is 1. The van der Waals surface area contributed by atoms with Crippen LogP contribution >= 0.6 is 11.8 Å². The van der Waals surface area contributed by atoms with E-state index in [4.69, 9.17) is 9.47 Å². The van der Waals surface area contributed by atoms with Gasteiger partial charge in [0.05, 0.1) is 20.3 Å². The standard InChI is InChI=1S/C15H25NO3S/c1-10(17)11(2)20-9-14(16-3)13-8-12(18-4)6-7-15(13)19-5/h6-8,10-11,14,16-17H,9H2,1-5H3. The van der Waals surface area contributed by atoms with Crippen LogP contribution in [0.2, 0.25) is 0 Å². The molecule has 2 N–H and O–H groups in total. The van der Waals surface area contributed by atoms with Gasteiger partial charge in [-0.25, -0.2) is 0 Å². The molecule has 0 saturated heterocycles. The largest absolute Gasteiger partial charge is 0.497 e. The van der Waals surface area contributed by atoms with Crippen molar-refractivity contribution in [2.75, 3.05) is 27.0 Å². The lowest BCUT2D eigenvalue weighted by atomic mass is 10.1. The maximum Gasteiger partial charge on any atom is 0.123 e. The van der Waals surface area contributed by atoms with E-state index in [9.17, 15) is 5.11 Å². The van der Waals surface area contributed by atoms with Crippen LogP contribution in [0.4, 0.5) is 0 Å². The molecule has 0 heterocycles. The summed E-state index contributed by atoms with van der Waals surface area (Å²) in [5, 5.41) is 13.1. The van der Waals surface area contributed by atoms with Crippen molar-refractivity contribution in [2.45, 2.75) is 31.2 Å². The highest BCUT2D eigenvalue weighted by atomic mass is 32.2. The summed E-state index contributed by atoms with van der Waals surface area (Å²) in [7, 11) is 5.25. The minimum Gasteiger partial charge on any atom is -0.497 e. The van der Waals surface area contributed by atoms with Gasteiger partial charge in [-0.1, -0.05) is 6.92 Å². The molecule has 0 aliphatic heterocycles. The second kappa shape index (κ2) is 8.39. The molecule has 0 radical (unpaired) electrons. The zero-order valence-electron chi connectivity index (χ0n) is 12.8. The summed E-state index contributed by atoms with van der Waals surface area (Å²) < 4.78 is 10.7. The molecule has 20 heavy (non-hydrogen) atoms. The molecule has 1 aromatic rings. The van der Waals surface area contributed by atoms with Crippen molar-refractivity contribution >= 4 is 11.8 Å². The van der Waals surface area contributed by atoms with Crippen LogP contribution in [0.5, 0.6) is 11.5 Å². The Morgan fingerprint density at radius 3 is 2.45 bits per heavy atom. The molecule has 3 atom stereocenters. The summed E-state index contributed by atoms with van der Waals surface area (Å²) >= 11 is 1.74. The summed E-state index contributed by atoms with van der Waals surface area (Å²) in [6.07, 6.45) is -0.315. The van der Waals surface area contributed by atoms with Gasteiger partial charge in [0.25, 0.3) is 0 Å². The Hall–Kier alpha value is -0.910. The second-order valence-corrected chi connectivity index (χ2v) is 6.14. The smallest absolute Gasteiger partial charge is 0.123 e. The van der Waals surface area contributed by atoms with Crippen LogP contribution in [0.25, 0.3) is 0 Å². The first-order valence-electron chi connectivity index (χ1n) is 6.72. The Kier molecular flexibility index (Phi) is 7.19. The molecule has 1 rings (SSSR count). The lowest BCUT2D eigenvalue weighted by Crippen LogP contribution is -2.23. The Morgan fingerprint density at radius 1 is 1.25 bits per heavy atom. The predicted molar refractivity (Wildman–Crippen MR) is 84.9 cm³/mol. The average molecular weight is 299 g/mol. The van der Waals surface area contributed by atoms with E-state index in [-0.39, 0.29) is 17.4 Å². The highest BCUT2D eigenvalue weighted by molar-refractivity contribution is 7.99. The van der Waals surface area contributed by atoms with Crippen molar-refractivity contribution in [3.63, 3.8) is 0 Å². The van der Waals surface area contributed by atoms with Crippen molar-refractivity contribution in [1.29, 1.82) is 0 Å². The topological polar surface area (TPSA) is 50.7 Å². The van der Waals surface area contributed by atoms with Gasteiger partial charge in [-0.15, -0.1) is 0 Å². The molecule has 3 unspecified atom stereocenters. The molecule has 1 aromatic carbocycles. The Morgan fingerprint density at radius 2 is 1.95 bits per heavy atom. The lowest BCUT2D eigenvalue weighted by molar-refractivity contribution is 0.196. The maximum absolute atomic E-state index is 9.57. The fourth-order valence-corrected chi connectivity index (χ4v) is 2.95. The average Bonchev–Trinajstić information content (AvgIpc) is 2.47. The van der Waals surface area contributed by atoms with Crippen LogP contribution in [0, 0.1) is 0 Å². The molecule has 0 spiro atoms.